The second kappa shape index (κ2) is 36.0. The van der Waals surface area contributed by atoms with Crippen LogP contribution < -0.4 is 11.1 Å². The number of unbranched alkanes of at least 4 members (excludes halogenated alkanes) is 13. The van der Waals surface area contributed by atoms with Gasteiger partial charge in [-0.25, -0.2) is 0 Å². The molecule has 0 unspecified atom stereocenters. The van der Waals surface area contributed by atoms with Gasteiger partial charge in [-0.05, 0) is 33.6 Å². The Bertz CT molecular complexity index is 677. The van der Waals surface area contributed by atoms with Crippen LogP contribution in [0.1, 0.15) is 124 Å². The Kier molecular flexibility index (Phi) is 34.9. The summed E-state index contributed by atoms with van der Waals surface area (Å²) in [6.07, 6.45) is 18.1. The molecular weight excluding hydrogens is 604 g/mol. The predicted octanol–water partition coefficient (Wildman–Crippen LogP) is 5.74. The molecule has 0 atom stereocenters. The first-order valence-corrected chi connectivity index (χ1v) is 18.5. The lowest BCUT2D eigenvalue weighted by atomic mass is 10.0. The summed E-state index contributed by atoms with van der Waals surface area (Å²) in [5.74, 6) is 0.0334. The Hall–Kier alpha value is -1.34. The lowest BCUT2D eigenvalue weighted by Crippen LogP contribution is -2.27. The minimum absolute atomic E-state index is 0.0726. The molecule has 0 spiro atoms. The average molecular weight is 677 g/mol. The quantitative estimate of drug-likeness (QED) is 0.0619. The molecule has 280 valence electrons. The van der Waals surface area contributed by atoms with Crippen LogP contribution in [-0.4, -0.2) is 110 Å². The first-order chi connectivity index (χ1) is 22.8. The molecule has 1 amide bonds. The van der Waals surface area contributed by atoms with E-state index in [1.54, 1.807) is 0 Å². The van der Waals surface area contributed by atoms with Gasteiger partial charge < -0.3 is 44.2 Å². The second-order valence-electron chi connectivity index (χ2n) is 12.8. The number of nitrogens with one attached hydrogen (secondary N) is 1. The Morgan fingerprint density at radius 1 is 0.468 bits per heavy atom. The highest BCUT2D eigenvalue weighted by Crippen LogP contribution is 2.15. The summed E-state index contributed by atoms with van der Waals surface area (Å²) in [4.78, 5) is 23.7. The molecule has 0 aromatic heterocycles. The zero-order chi connectivity index (χ0) is 34.5. The standard InChI is InChI=1S/C36H72N2O9/c1-36(2,3)47-35(40)19-17-15-13-11-9-7-5-4-6-8-10-12-14-16-18-34(39)38-21-23-42-25-27-44-29-31-46-33-32-45-30-28-43-26-24-41-22-20-37/h4-33,37H2,1-3H3,(H,38,39). The van der Waals surface area contributed by atoms with Gasteiger partial charge in [-0.1, -0.05) is 77.0 Å². The van der Waals surface area contributed by atoms with Crippen molar-refractivity contribution in [2.45, 2.75) is 129 Å². The van der Waals surface area contributed by atoms with Gasteiger partial charge >= 0.3 is 5.97 Å². The Morgan fingerprint density at radius 3 is 1.15 bits per heavy atom. The number of rotatable bonds is 37. The number of hydrogen-bond donors (Lipinski definition) is 2. The number of carbonyl (C=O) groups is 2. The maximum absolute atomic E-state index is 12.0. The van der Waals surface area contributed by atoms with Crippen LogP contribution in [0.5, 0.6) is 0 Å². The summed E-state index contributed by atoms with van der Waals surface area (Å²) >= 11 is 0. The normalized spacial score (nSPS) is 11.7. The minimum Gasteiger partial charge on any atom is -0.460 e. The van der Waals surface area contributed by atoms with E-state index >= 15 is 0 Å². The molecule has 0 bridgehead atoms. The number of nitrogens with two attached hydrogens (primary N) is 1. The van der Waals surface area contributed by atoms with Gasteiger partial charge in [-0.3, -0.25) is 9.59 Å². The lowest BCUT2D eigenvalue weighted by Gasteiger charge is -2.19. The zero-order valence-corrected chi connectivity index (χ0v) is 30.5. The molecule has 0 saturated heterocycles. The van der Waals surface area contributed by atoms with Crippen LogP contribution in [-0.2, 0) is 42.7 Å². The van der Waals surface area contributed by atoms with Gasteiger partial charge in [0.05, 0.1) is 79.3 Å². The molecule has 0 saturated carbocycles. The maximum atomic E-state index is 12.0. The third-order valence-electron chi connectivity index (χ3n) is 7.15. The topological polar surface area (TPSA) is 137 Å². The summed E-state index contributed by atoms with van der Waals surface area (Å²) in [5, 5.41) is 2.93. The SMILES string of the molecule is CC(C)(C)OC(=O)CCCCCCCCCCCCCCCCC(=O)NCCOCCOCCOCCOCCOCCOCCN. The van der Waals surface area contributed by atoms with Crippen LogP contribution >= 0.6 is 0 Å². The predicted molar refractivity (Wildman–Crippen MR) is 187 cm³/mol. The van der Waals surface area contributed by atoms with Crippen molar-refractivity contribution in [1.82, 2.24) is 5.32 Å². The molecular formula is C36H72N2O9. The van der Waals surface area contributed by atoms with Crippen molar-refractivity contribution >= 4 is 11.9 Å². The van der Waals surface area contributed by atoms with Crippen LogP contribution in [0.4, 0.5) is 0 Å². The fraction of sp³-hybridized carbons (Fsp3) is 0.944. The third kappa shape index (κ3) is 40.7. The maximum Gasteiger partial charge on any atom is 0.306 e. The fourth-order valence-corrected chi connectivity index (χ4v) is 4.70. The van der Waals surface area contributed by atoms with Gasteiger partial charge in [0.25, 0.3) is 0 Å². The van der Waals surface area contributed by atoms with Crippen molar-refractivity contribution in [3.05, 3.63) is 0 Å². The van der Waals surface area contributed by atoms with Crippen LogP contribution in [0, 0.1) is 0 Å². The van der Waals surface area contributed by atoms with E-state index in [2.05, 4.69) is 5.32 Å². The van der Waals surface area contributed by atoms with E-state index in [9.17, 15) is 9.59 Å². The van der Waals surface area contributed by atoms with Crippen LogP contribution in [0.25, 0.3) is 0 Å². The highest BCUT2D eigenvalue weighted by atomic mass is 16.6. The van der Waals surface area contributed by atoms with Crippen molar-refractivity contribution in [3.63, 3.8) is 0 Å². The highest BCUT2D eigenvalue weighted by molar-refractivity contribution is 5.75. The van der Waals surface area contributed by atoms with Gasteiger partial charge in [0.15, 0.2) is 0 Å². The molecule has 0 rings (SSSR count). The van der Waals surface area contributed by atoms with Gasteiger partial charge in [-0.2, -0.15) is 0 Å². The van der Waals surface area contributed by atoms with E-state index in [-0.39, 0.29) is 17.5 Å². The van der Waals surface area contributed by atoms with Gasteiger partial charge in [0.2, 0.25) is 5.91 Å². The van der Waals surface area contributed by atoms with Crippen molar-refractivity contribution in [2.75, 3.05) is 92.4 Å². The van der Waals surface area contributed by atoms with Crippen LogP contribution in [0.2, 0.25) is 0 Å². The van der Waals surface area contributed by atoms with Crippen molar-refractivity contribution < 1.29 is 42.7 Å². The molecule has 47 heavy (non-hydrogen) atoms. The summed E-state index contributed by atoms with van der Waals surface area (Å²) in [7, 11) is 0. The summed E-state index contributed by atoms with van der Waals surface area (Å²) in [6, 6.07) is 0. The molecule has 0 fully saturated rings. The van der Waals surface area contributed by atoms with Gasteiger partial charge in [0, 0.05) is 25.9 Å². The molecule has 0 aromatic carbocycles. The van der Waals surface area contributed by atoms with Crippen molar-refractivity contribution in [2.24, 2.45) is 5.73 Å². The smallest absolute Gasteiger partial charge is 0.306 e. The average Bonchev–Trinajstić information content (AvgIpc) is 3.02. The van der Waals surface area contributed by atoms with E-state index in [4.69, 9.17) is 38.9 Å². The largest absolute Gasteiger partial charge is 0.460 e. The Labute approximate surface area is 287 Å². The molecule has 3 N–H and O–H groups in total. The number of ether oxygens (including phenoxy) is 7. The Morgan fingerprint density at radius 2 is 0.787 bits per heavy atom. The lowest BCUT2D eigenvalue weighted by molar-refractivity contribution is -0.154. The van der Waals surface area contributed by atoms with E-state index in [1.807, 2.05) is 20.8 Å². The van der Waals surface area contributed by atoms with Crippen molar-refractivity contribution in [3.8, 4) is 0 Å². The number of amides is 1. The molecule has 0 radical (unpaired) electrons. The number of hydrogen-bond acceptors (Lipinski definition) is 10. The highest BCUT2D eigenvalue weighted by Gasteiger charge is 2.15. The fourth-order valence-electron chi connectivity index (χ4n) is 4.70. The molecule has 0 aromatic rings. The summed E-state index contributed by atoms with van der Waals surface area (Å²) in [5.41, 5.74) is 4.96. The van der Waals surface area contributed by atoms with E-state index < -0.39 is 0 Å². The van der Waals surface area contributed by atoms with Crippen LogP contribution in [0.15, 0.2) is 0 Å². The molecule has 11 nitrogen and oxygen atoms in total. The number of carbonyl (C=O) groups excluding carboxylic acids is 2. The van der Waals surface area contributed by atoms with E-state index in [0.717, 1.165) is 25.7 Å². The summed E-state index contributed by atoms with van der Waals surface area (Å²) < 4.78 is 37.8. The van der Waals surface area contributed by atoms with Crippen molar-refractivity contribution in [1.29, 1.82) is 0 Å². The first-order valence-electron chi connectivity index (χ1n) is 18.5. The van der Waals surface area contributed by atoms with E-state index in [1.165, 1.54) is 64.2 Å². The zero-order valence-electron chi connectivity index (χ0n) is 30.5. The molecule has 0 aliphatic carbocycles. The van der Waals surface area contributed by atoms with Gasteiger partial charge in [0.1, 0.15) is 5.60 Å². The molecule has 0 aliphatic rings. The number of esters is 1. The first kappa shape index (κ1) is 45.7. The van der Waals surface area contributed by atoms with Crippen LogP contribution in [0.3, 0.4) is 0 Å². The van der Waals surface area contributed by atoms with Gasteiger partial charge in [-0.15, -0.1) is 0 Å². The molecule has 11 heteroatoms. The minimum atomic E-state index is -0.376. The third-order valence-corrected chi connectivity index (χ3v) is 7.15. The summed E-state index contributed by atoms with van der Waals surface area (Å²) in [6.45, 7) is 13.1. The Balaban J connectivity index is 3.20. The monoisotopic (exact) mass is 677 g/mol. The molecule has 0 aliphatic heterocycles. The van der Waals surface area contributed by atoms with E-state index in [0.29, 0.717) is 105 Å². The second-order valence-corrected chi connectivity index (χ2v) is 12.8. The molecule has 0 heterocycles.